The van der Waals surface area contributed by atoms with Crippen molar-refractivity contribution in [2.45, 2.75) is 39.8 Å². The lowest BCUT2D eigenvalue weighted by Crippen LogP contribution is -2.74. The highest BCUT2D eigenvalue weighted by molar-refractivity contribution is 9.86. The van der Waals surface area contributed by atoms with E-state index in [9.17, 15) is 0 Å². The predicted molar refractivity (Wildman–Crippen MR) is 135 cm³/mol. The summed E-state index contributed by atoms with van der Waals surface area (Å²) in [4.78, 5) is -2.09. The molecule has 0 aliphatic carbocycles. The van der Waals surface area contributed by atoms with Crippen molar-refractivity contribution in [3.05, 3.63) is 0 Å². The molecule has 14 heteroatoms. The van der Waals surface area contributed by atoms with Crippen LogP contribution in [0.4, 0.5) is 0 Å². The fourth-order valence-electron chi connectivity index (χ4n) is 1.77. The van der Waals surface area contributed by atoms with Crippen LogP contribution >= 0.6 is 138 Å². The molecule has 0 spiro atoms. The normalized spacial score (nSPS) is 15.6. The molecule has 0 N–H and O–H groups in total. The molecule has 0 aliphatic heterocycles. The van der Waals surface area contributed by atoms with Crippen LogP contribution in [0.5, 0.6) is 0 Å². The van der Waals surface area contributed by atoms with Crippen molar-refractivity contribution >= 4 is 155 Å². The molecule has 0 amide bonds. The van der Waals surface area contributed by atoms with Crippen molar-refractivity contribution in [2.24, 2.45) is 0 Å². The van der Waals surface area contributed by atoms with Crippen LogP contribution in [0.2, 0.25) is 0 Å². The third-order valence-electron chi connectivity index (χ3n) is 2.57. The second-order valence-corrected chi connectivity index (χ2v) is 106. The van der Waals surface area contributed by atoms with Crippen LogP contribution < -0.4 is 0 Å². The molecule has 1 nitrogen and oxygen atoms in total. The fourth-order valence-corrected chi connectivity index (χ4v) is 203. The zero-order valence-corrected chi connectivity index (χ0v) is 29.3. The van der Waals surface area contributed by atoms with E-state index in [2.05, 4.69) is 170 Å². The lowest BCUT2D eigenvalue weighted by Gasteiger charge is -2.49. The maximum Gasteiger partial charge on any atom is 0.282 e. The summed E-state index contributed by atoms with van der Waals surface area (Å²) in [5, 5.41) is 0. The standard InChI is InChI=1S/C6H14Br9NSi4/c1-5(2)16(6(3)4)18(10,11)20(14,15)19(12,13)17(7,8)9/h5-6H,1-4H3. The quantitative estimate of drug-likeness (QED) is 0.196. The van der Waals surface area contributed by atoms with E-state index in [4.69, 9.17) is 0 Å². The largest absolute Gasteiger partial charge is 0.303 e. The van der Waals surface area contributed by atoms with E-state index in [0.717, 1.165) is 0 Å². The Morgan fingerprint density at radius 3 is 1.10 bits per heavy atom. The Labute approximate surface area is 195 Å². The number of hydrogen-bond acceptors (Lipinski definition) is 1. The smallest absolute Gasteiger partial charge is 0.282 e. The Balaban J connectivity index is 5.90. The van der Waals surface area contributed by atoms with E-state index >= 15 is 0 Å². The first-order valence-electron chi connectivity index (χ1n) is 5.50. The van der Waals surface area contributed by atoms with Crippen LogP contribution in [0.1, 0.15) is 27.7 Å². The van der Waals surface area contributed by atoms with E-state index in [1.54, 1.807) is 0 Å². The van der Waals surface area contributed by atoms with Gasteiger partial charge >= 0.3 is 0 Å². The van der Waals surface area contributed by atoms with Gasteiger partial charge in [-0.3, -0.25) is 0 Å². The van der Waals surface area contributed by atoms with Crippen molar-refractivity contribution < 1.29 is 0 Å². The summed E-state index contributed by atoms with van der Waals surface area (Å²) in [6.07, 6.45) is 0. The highest BCUT2D eigenvalue weighted by Gasteiger charge is 2.73. The SMILES string of the molecule is CC(C)N(C(C)C)[Si](Br)(Br)[Si](Br)(Br)[Si](Br)(Br)[Si](Br)(Br)Br. The second-order valence-electron chi connectivity index (χ2n) is 4.78. The summed E-state index contributed by atoms with van der Waals surface area (Å²) in [5.41, 5.74) is 0. The molecule has 0 fully saturated rings. The zero-order chi connectivity index (χ0) is 16.7. The van der Waals surface area contributed by atoms with Gasteiger partial charge in [0, 0.05) is 0 Å². The minimum Gasteiger partial charge on any atom is -0.303 e. The average Bonchev–Trinajstić information content (AvgIpc) is 2.12. The van der Waals surface area contributed by atoms with Crippen molar-refractivity contribution in [3.63, 3.8) is 0 Å². The van der Waals surface area contributed by atoms with Gasteiger partial charge in [0.15, 0.2) is 0 Å². The summed E-state index contributed by atoms with van der Waals surface area (Å²) in [6.45, 7) is 8.95. The predicted octanol–water partition coefficient (Wildman–Crippen LogP) is 7.66. The van der Waals surface area contributed by atoms with Crippen LogP contribution in [0, 0.1) is 0 Å². The topological polar surface area (TPSA) is 3.24 Å². The molecule has 0 aliphatic rings. The minimum atomic E-state index is -2.09. The highest BCUT2D eigenvalue weighted by Crippen LogP contribution is 2.59. The molecule has 0 radical (unpaired) electrons. The van der Waals surface area contributed by atoms with Crippen LogP contribution in [0.25, 0.3) is 0 Å². The van der Waals surface area contributed by atoms with E-state index in [-0.39, 0.29) is 0 Å². The minimum absolute atomic E-state index is 0.448. The van der Waals surface area contributed by atoms with Crippen LogP contribution in [0.3, 0.4) is 0 Å². The van der Waals surface area contributed by atoms with E-state index in [1.807, 2.05) is 0 Å². The molecule has 0 bridgehead atoms. The van der Waals surface area contributed by atoms with Gasteiger partial charge in [-0.2, -0.15) is 0 Å². The van der Waals surface area contributed by atoms with Crippen LogP contribution in [-0.2, 0) is 0 Å². The van der Waals surface area contributed by atoms with Crippen molar-refractivity contribution in [1.82, 2.24) is 4.57 Å². The molecule has 0 rings (SSSR count). The van der Waals surface area contributed by atoms with Gasteiger partial charge in [-0.05, 0) is 12.1 Å². The number of rotatable bonds is 6. The van der Waals surface area contributed by atoms with Gasteiger partial charge in [0.05, 0.1) is 0 Å². The average molecular weight is 932 g/mol. The Morgan fingerprint density at radius 1 is 0.600 bits per heavy atom. The maximum absolute atomic E-state index is 4.09. The highest BCUT2D eigenvalue weighted by atomic mass is 80.0. The summed E-state index contributed by atoms with van der Waals surface area (Å²) in [7, 11) is 0. The Bertz CT molecular complexity index is 334. The van der Waals surface area contributed by atoms with Gasteiger partial charge in [0.25, 0.3) is 8.44 Å². The first kappa shape index (κ1) is 25.1. The summed E-state index contributed by atoms with van der Waals surface area (Å²) in [5.74, 6) is 0. The Morgan fingerprint density at radius 2 is 0.900 bits per heavy atom. The lowest BCUT2D eigenvalue weighted by atomic mass is 10.3. The third kappa shape index (κ3) is 5.33. The molecule has 0 heterocycles. The summed E-state index contributed by atoms with van der Waals surface area (Å²) in [6, 6.07) is 0.897. The molecule has 122 valence electrons. The van der Waals surface area contributed by atoms with Gasteiger partial charge in [0.1, 0.15) is 0 Å². The van der Waals surface area contributed by atoms with Crippen molar-refractivity contribution in [2.75, 3.05) is 0 Å². The monoisotopic (exact) mass is 922 g/mol. The lowest BCUT2D eigenvalue weighted by molar-refractivity contribution is 0.313. The van der Waals surface area contributed by atoms with Gasteiger partial charge in [-0.25, -0.2) is 0 Å². The summed E-state index contributed by atoms with van der Waals surface area (Å²) < 4.78 is -3.44. The van der Waals surface area contributed by atoms with E-state index in [1.165, 1.54) is 0 Å². The van der Waals surface area contributed by atoms with Crippen molar-refractivity contribution in [3.8, 4) is 0 Å². The molecular weight excluding hydrogens is 918 g/mol. The first-order valence-corrected chi connectivity index (χ1v) is 36.8. The molecule has 0 aromatic rings. The second kappa shape index (κ2) is 8.89. The molecule has 0 saturated carbocycles. The van der Waals surface area contributed by atoms with Crippen molar-refractivity contribution in [1.29, 1.82) is 0 Å². The summed E-state index contributed by atoms with van der Waals surface area (Å²) >= 11 is 35.9. The zero-order valence-electron chi connectivity index (χ0n) is 11.0. The number of nitrogens with zero attached hydrogens (tertiary/aromatic N) is 1. The molecule has 0 atom stereocenters. The Kier molecular flexibility index (Phi) is 11.2. The van der Waals surface area contributed by atoms with Gasteiger partial charge in [-0.1, -0.05) is 104 Å². The van der Waals surface area contributed by atoms with Crippen LogP contribution in [0.15, 0.2) is 0 Å². The first-order chi connectivity index (χ1) is 8.51. The Hall–Kier alpha value is 5.15. The van der Waals surface area contributed by atoms with E-state index < -0.39 is 17.1 Å². The van der Waals surface area contributed by atoms with E-state index in [0.29, 0.717) is 12.1 Å². The molecule has 0 aromatic carbocycles. The van der Waals surface area contributed by atoms with Gasteiger partial charge in [0.2, 0.25) is 8.70 Å². The fraction of sp³-hybridized carbons (Fsp3) is 1.00. The molecule has 0 saturated heterocycles. The van der Waals surface area contributed by atoms with Gasteiger partial charge < -0.3 is 4.57 Å². The maximum atomic E-state index is 4.09. The molecular formula is C6H14Br9NSi4. The van der Waals surface area contributed by atoms with Gasteiger partial charge in [-0.15, -0.1) is 61.2 Å². The number of hydrogen-bond donors (Lipinski definition) is 0. The molecule has 20 heavy (non-hydrogen) atoms. The third-order valence-corrected chi connectivity index (χ3v) is 198. The molecule has 0 unspecified atom stereocenters. The number of halogens is 9. The van der Waals surface area contributed by atoms with Crippen LogP contribution in [-0.4, -0.2) is 33.8 Å². The molecule has 0 aromatic heterocycles.